The van der Waals surface area contributed by atoms with Crippen molar-refractivity contribution >= 4 is 17.3 Å². The number of halogens is 1. The monoisotopic (exact) mass is 421 g/mol. The Morgan fingerprint density at radius 2 is 2.06 bits per heavy atom. The number of Topliss-reactive ketones (excluding diaryl/α,β-unsaturated/α-hetero) is 1. The van der Waals surface area contributed by atoms with Gasteiger partial charge < -0.3 is 4.90 Å². The van der Waals surface area contributed by atoms with Crippen molar-refractivity contribution in [3.63, 3.8) is 0 Å². The third-order valence-electron chi connectivity index (χ3n) is 5.45. The minimum atomic E-state index is -0.507. The van der Waals surface area contributed by atoms with Gasteiger partial charge in [-0.2, -0.15) is 4.80 Å². The lowest BCUT2D eigenvalue weighted by atomic mass is 9.96. The van der Waals surface area contributed by atoms with Crippen LogP contribution in [0.2, 0.25) is 0 Å². The second kappa shape index (κ2) is 8.71. The van der Waals surface area contributed by atoms with Crippen molar-refractivity contribution in [3.8, 4) is 0 Å². The molecule has 4 rings (SSSR count). The van der Waals surface area contributed by atoms with Crippen LogP contribution in [0.4, 0.5) is 10.3 Å². The van der Waals surface area contributed by atoms with Crippen molar-refractivity contribution in [2.45, 2.75) is 33.1 Å². The molecule has 0 bridgehead atoms. The van der Waals surface area contributed by atoms with Crippen molar-refractivity contribution in [1.82, 2.24) is 30.2 Å². The molecular formula is C22H24FN7O. The van der Waals surface area contributed by atoms with Crippen LogP contribution in [0.15, 0.2) is 36.2 Å². The van der Waals surface area contributed by atoms with E-state index in [-0.39, 0.29) is 17.8 Å². The molecule has 0 saturated carbocycles. The highest BCUT2D eigenvalue weighted by Crippen LogP contribution is 2.28. The largest absolute Gasteiger partial charge is 0.333 e. The molecule has 31 heavy (non-hydrogen) atoms. The number of hydrogen-bond donors (Lipinski definition) is 0. The van der Waals surface area contributed by atoms with Crippen molar-refractivity contribution < 1.29 is 9.18 Å². The first-order valence-electron chi connectivity index (χ1n) is 10.2. The molecule has 9 heteroatoms. The first-order chi connectivity index (χ1) is 14.9. The van der Waals surface area contributed by atoms with Gasteiger partial charge in [0.15, 0.2) is 5.78 Å². The van der Waals surface area contributed by atoms with E-state index in [2.05, 4.69) is 37.2 Å². The maximum atomic E-state index is 14.1. The van der Waals surface area contributed by atoms with Gasteiger partial charge in [-0.15, -0.1) is 5.10 Å². The number of hydrogen-bond acceptors (Lipinski definition) is 7. The van der Waals surface area contributed by atoms with Gasteiger partial charge in [0.1, 0.15) is 5.82 Å². The van der Waals surface area contributed by atoms with Gasteiger partial charge in [-0.1, -0.05) is 23.7 Å². The van der Waals surface area contributed by atoms with Gasteiger partial charge in [0.05, 0.1) is 36.6 Å². The average Bonchev–Trinajstić information content (AvgIpc) is 3.20. The minimum Gasteiger partial charge on any atom is -0.333 e. The molecular weight excluding hydrogens is 397 g/mol. The molecule has 0 unspecified atom stereocenters. The van der Waals surface area contributed by atoms with Crippen LogP contribution in [-0.2, 0) is 13.5 Å². The second-order valence-electron chi connectivity index (χ2n) is 7.66. The van der Waals surface area contributed by atoms with Gasteiger partial charge in [0, 0.05) is 19.3 Å². The predicted molar refractivity (Wildman–Crippen MR) is 114 cm³/mol. The Balaban J connectivity index is 1.52. The van der Waals surface area contributed by atoms with E-state index in [1.165, 1.54) is 22.5 Å². The summed E-state index contributed by atoms with van der Waals surface area (Å²) in [5.74, 6) is -0.233. The van der Waals surface area contributed by atoms with Crippen molar-refractivity contribution in [3.05, 3.63) is 64.5 Å². The smallest absolute Gasteiger partial charge is 0.266 e. The van der Waals surface area contributed by atoms with Gasteiger partial charge in [-0.25, -0.2) is 4.39 Å². The fourth-order valence-corrected chi connectivity index (χ4v) is 3.73. The number of carbonyl (C=O) groups excluding carboxylic acids is 1. The molecule has 0 atom stereocenters. The van der Waals surface area contributed by atoms with Crippen LogP contribution < -0.4 is 4.90 Å². The number of anilines is 1. The molecule has 8 nitrogen and oxygen atoms in total. The topological polar surface area (TPSA) is 89.7 Å². The third-order valence-corrected chi connectivity index (χ3v) is 5.45. The number of benzene rings is 1. The van der Waals surface area contributed by atoms with E-state index in [1.54, 1.807) is 32.4 Å². The summed E-state index contributed by atoms with van der Waals surface area (Å²) >= 11 is 0. The molecule has 1 aromatic carbocycles. The Morgan fingerprint density at radius 1 is 1.23 bits per heavy atom. The van der Waals surface area contributed by atoms with E-state index in [0.29, 0.717) is 18.2 Å². The van der Waals surface area contributed by atoms with E-state index in [4.69, 9.17) is 0 Å². The lowest BCUT2D eigenvalue weighted by molar-refractivity contribution is 0.0988. The maximum absolute atomic E-state index is 14.1. The summed E-state index contributed by atoms with van der Waals surface area (Å²) in [6.45, 7) is 5.35. The van der Waals surface area contributed by atoms with Gasteiger partial charge in [0.2, 0.25) is 0 Å². The lowest BCUT2D eigenvalue weighted by Crippen LogP contribution is -2.32. The summed E-state index contributed by atoms with van der Waals surface area (Å²) in [6, 6.07) is 4.61. The molecule has 0 aliphatic carbocycles. The molecule has 1 aliphatic heterocycles. The van der Waals surface area contributed by atoms with E-state index in [9.17, 15) is 9.18 Å². The van der Waals surface area contributed by atoms with Gasteiger partial charge in [-0.05, 0) is 48.2 Å². The first-order valence-corrected chi connectivity index (χ1v) is 10.2. The summed E-state index contributed by atoms with van der Waals surface area (Å²) < 4.78 is 14.1. The number of tetrazole rings is 1. The van der Waals surface area contributed by atoms with Crippen LogP contribution in [0.25, 0.3) is 5.57 Å². The van der Waals surface area contributed by atoms with Gasteiger partial charge in [-0.3, -0.25) is 14.8 Å². The number of rotatable bonds is 6. The molecule has 1 aliphatic rings. The molecule has 0 spiro atoms. The number of aromatic nitrogens is 6. The van der Waals surface area contributed by atoms with Crippen LogP contribution >= 0.6 is 0 Å². The van der Waals surface area contributed by atoms with E-state index < -0.39 is 5.82 Å². The molecule has 0 fully saturated rings. The molecule has 2 aromatic heterocycles. The summed E-state index contributed by atoms with van der Waals surface area (Å²) in [6.07, 6.45) is 5.10. The van der Waals surface area contributed by atoms with Crippen LogP contribution in [0.1, 0.15) is 47.1 Å². The molecule has 3 heterocycles. The quantitative estimate of drug-likeness (QED) is 0.565. The van der Waals surface area contributed by atoms with E-state index in [0.717, 1.165) is 36.2 Å². The predicted octanol–water partition coefficient (Wildman–Crippen LogP) is 2.95. The minimum absolute atomic E-state index is 0.00257. The first kappa shape index (κ1) is 20.8. The SMILES string of the molecule is CCC1=C(c2cnc(CC(=O)c3ccc(C)cc3F)cn2)CN(c2nnn(C)n2)CC1. The third kappa shape index (κ3) is 4.50. The van der Waals surface area contributed by atoms with Crippen molar-refractivity contribution in [1.29, 1.82) is 0 Å². The van der Waals surface area contributed by atoms with E-state index >= 15 is 0 Å². The van der Waals surface area contributed by atoms with Crippen molar-refractivity contribution in [2.75, 3.05) is 18.0 Å². The molecule has 0 saturated heterocycles. The zero-order valence-electron chi connectivity index (χ0n) is 17.8. The average molecular weight is 421 g/mol. The number of nitrogens with zero attached hydrogens (tertiary/aromatic N) is 7. The van der Waals surface area contributed by atoms with Crippen LogP contribution in [-0.4, -0.2) is 49.0 Å². The Morgan fingerprint density at radius 3 is 2.71 bits per heavy atom. The fraction of sp³-hybridized carbons (Fsp3) is 0.364. The number of ketones is 1. The van der Waals surface area contributed by atoms with Crippen molar-refractivity contribution in [2.24, 2.45) is 7.05 Å². The van der Waals surface area contributed by atoms with Crippen LogP contribution in [0, 0.1) is 12.7 Å². The Bertz CT molecular complexity index is 1140. The number of carbonyl (C=O) groups is 1. The summed E-state index contributed by atoms with van der Waals surface area (Å²) in [5, 5.41) is 12.3. The van der Waals surface area contributed by atoms with Gasteiger partial charge >= 0.3 is 0 Å². The molecule has 3 aromatic rings. The maximum Gasteiger partial charge on any atom is 0.266 e. The summed E-state index contributed by atoms with van der Waals surface area (Å²) in [4.78, 5) is 25.0. The zero-order chi connectivity index (χ0) is 22.0. The highest BCUT2D eigenvalue weighted by Gasteiger charge is 2.23. The molecule has 160 valence electrons. The number of aryl methyl sites for hydroxylation is 2. The standard InChI is InChI=1S/C22H24FN7O/c1-4-15-7-8-30(22-26-28-29(3)27-22)13-18(15)20-12-24-16(11-25-20)10-21(31)17-6-5-14(2)9-19(17)23/h5-6,9,11-12H,4,7-8,10,13H2,1-3H3. The van der Waals surface area contributed by atoms with E-state index in [1.807, 2.05) is 0 Å². The summed E-state index contributed by atoms with van der Waals surface area (Å²) in [7, 11) is 1.74. The van der Waals surface area contributed by atoms with Gasteiger partial charge in [0.25, 0.3) is 5.95 Å². The second-order valence-corrected chi connectivity index (χ2v) is 7.66. The molecule has 0 N–H and O–H groups in total. The molecule has 0 amide bonds. The van der Waals surface area contributed by atoms with Crippen LogP contribution in [0.5, 0.6) is 0 Å². The van der Waals surface area contributed by atoms with Crippen LogP contribution in [0.3, 0.4) is 0 Å². The normalized spacial score (nSPS) is 14.3. The fourth-order valence-electron chi connectivity index (χ4n) is 3.73. The Labute approximate surface area is 179 Å². The Kier molecular flexibility index (Phi) is 5.83. The summed E-state index contributed by atoms with van der Waals surface area (Å²) in [5.41, 5.74) is 4.54. The highest BCUT2D eigenvalue weighted by atomic mass is 19.1. The highest BCUT2D eigenvalue weighted by molar-refractivity contribution is 5.97. The lowest BCUT2D eigenvalue weighted by Gasteiger charge is -2.29. The Hall–Kier alpha value is -3.49. The zero-order valence-corrected chi connectivity index (χ0v) is 17.8. The molecule has 0 radical (unpaired) electrons.